The molecule has 0 aromatic rings. The molecule has 1 atom stereocenters. The largest absolute Gasteiger partial charge is 0.457 e. The van der Waals surface area contributed by atoms with Crippen LogP contribution in [0.5, 0.6) is 0 Å². The summed E-state index contributed by atoms with van der Waals surface area (Å²) in [5, 5.41) is 0. The fourth-order valence-corrected chi connectivity index (χ4v) is 1.41. The van der Waals surface area contributed by atoms with Crippen LogP contribution in [0.1, 0.15) is 39.5 Å². The minimum Gasteiger partial charge on any atom is -0.457 e. The van der Waals surface area contributed by atoms with Gasteiger partial charge in [-0.15, -0.1) is 0 Å². The predicted octanol–water partition coefficient (Wildman–Crippen LogP) is 2.46. The minimum absolute atomic E-state index is 0.116. The van der Waals surface area contributed by atoms with Crippen molar-refractivity contribution in [1.82, 2.24) is 0 Å². The Kier molecular flexibility index (Phi) is 7.76. The van der Waals surface area contributed by atoms with Gasteiger partial charge in [0.2, 0.25) is 0 Å². The first-order valence-corrected chi connectivity index (χ1v) is 5.79. The lowest BCUT2D eigenvalue weighted by atomic mass is 10.1. The molecule has 82 valence electrons. The predicted molar refractivity (Wildman–Crippen MR) is 58.5 cm³/mol. The van der Waals surface area contributed by atoms with Gasteiger partial charge in [0.05, 0.1) is 0 Å². The number of ether oxygens (including phenoxy) is 1. The number of Topliss-reactive ketones (excluding diaryl/α,β-unsaturated/α-hetero) is 1. The van der Waals surface area contributed by atoms with Crippen molar-refractivity contribution in [2.45, 2.75) is 44.4 Å². The van der Waals surface area contributed by atoms with E-state index in [1.54, 1.807) is 0 Å². The lowest BCUT2D eigenvalue weighted by Crippen LogP contribution is -2.20. The molecular formula is C10H17BrO3. The maximum Gasteiger partial charge on any atom is 0.320 e. The number of esters is 1. The van der Waals surface area contributed by atoms with Gasteiger partial charge in [-0.3, -0.25) is 9.59 Å². The van der Waals surface area contributed by atoms with E-state index in [0.29, 0.717) is 0 Å². The summed E-state index contributed by atoms with van der Waals surface area (Å²) in [7, 11) is 0. The third kappa shape index (κ3) is 7.06. The Hall–Kier alpha value is -0.380. The molecule has 0 spiro atoms. The van der Waals surface area contributed by atoms with Gasteiger partial charge in [-0.2, -0.15) is 0 Å². The van der Waals surface area contributed by atoms with Crippen molar-refractivity contribution in [3.8, 4) is 0 Å². The highest BCUT2D eigenvalue weighted by atomic mass is 79.9. The molecule has 0 amide bonds. The summed E-state index contributed by atoms with van der Waals surface area (Å²) in [6, 6.07) is 0. The van der Waals surface area contributed by atoms with Crippen LogP contribution in [-0.4, -0.2) is 23.2 Å². The smallest absolute Gasteiger partial charge is 0.320 e. The SMILES string of the molecule is CCCCCC(Br)C(=O)OCC(C)=O. The number of unbranched alkanes of at least 4 members (excludes halogenated alkanes) is 2. The van der Waals surface area contributed by atoms with Gasteiger partial charge in [0.15, 0.2) is 5.78 Å². The second kappa shape index (κ2) is 7.97. The third-order valence-electron chi connectivity index (χ3n) is 1.73. The molecule has 0 radical (unpaired) electrons. The fraction of sp³-hybridized carbons (Fsp3) is 0.800. The number of ketones is 1. The van der Waals surface area contributed by atoms with E-state index in [1.807, 2.05) is 0 Å². The van der Waals surface area contributed by atoms with Crippen molar-refractivity contribution in [3.05, 3.63) is 0 Å². The molecule has 0 fully saturated rings. The maximum atomic E-state index is 11.2. The number of carbonyl (C=O) groups excluding carboxylic acids is 2. The first kappa shape index (κ1) is 13.6. The molecule has 0 bridgehead atoms. The fourth-order valence-electron chi connectivity index (χ4n) is 0.955. The van der Waals surface area contributed by atoms with Crippen LogP contribution in [0, 0.1) is 0 Å². The number of hydrogen-bond acceptors (Lipinski definition) is 3. The molecule has 14 heavy (non-hydrogen) atoms. The van der Waals surface area contributed by atoms with Gasteiger partial charge >= 0.3 is 5.97 Å². The minimum atomic E-state index is -0.337. The highest BCUT2D eigenvalue weighted by Crippen LogP contribution is 2.12. The molecule has 0 aliphatic carbocycles. The summed E-state index contributed by atoms with van der Waals surface area (Å²) >= 11 is 3.24. The van der Waals surface area contributed by atoms with E-state index >= 15 is 0 Å². The molecule has 0 saturated carbocycles. The van der Waals surface area contributed by atoms with Crippen molar-refractivity contribution < 1.29 is 14.3 Å². The molecular weight excluding hydrogens is 248 g/mol. The Morgan fingerprint density at radius 3 is 2.50 bits per heavy atom. The average molecular weight is 265 g/mol. The molecule has 0 N–H and O–H groups in total. The Balaban J connectivity index is 3.59. The van der Waals surface area contributed by atoms with E-state index in [-0.39, 0.29) is 23.2 Å². The quantitative estimate of drug-likeness (QED) is 0.403. The van der Waals surface area contributed by atoms with E-state index in [0.717, 1.165) is 25.7 Å². The molecule has 0 saturated heterocycles. The summed E-state index contributed by atoms with van der Waals surface area (Å²) < 4.78 is 4.76. The lowest BCUT2D eigenvalue weighted by molar-refractivity contribution is -0.146. The zero-order valence-corrected chi connectivity index (χ0v) is 10.3. The van der Waals surface area contributed by atoms with Gasteiger partial charge in [-0.1, -0.05) is 42.1 Å². The van der Waals surface area contributed by atoms with Crippen LogP contribution in [0.3, 0.4) is 0 Å². The molecule has 0 heterocycles. The monoisotopic (exact) mass is 264 g/mol. The average Bonchev–Trinajstić information content (AvgIpc) is 2.14. The summed E-state index contributed by atoms with van der Waals surface area (Å²) in [6.07, 6.45) is 4.01. The van der Waals surface area contributed by atoms with Gasteiger partial charge in [0.25, 0.3) is 0 Å². The van der Waals surface area contributed by atoms with Crippen LogP contribution >= 0.6 is 15.9 Å². The molecule has 0 rings (SSSR count). The Morgan fingerprint density at radius 1 is 1.36 bits per heavy atom. The van der Waals surface area contributed by atoms with E-state index in [1.165, 1.54) is 6.92 Å². The first-order chi connectivity index (χ1) is 6.57. The van der Waals surface area contributed by atoms with Crippen LogP contribution in [0.2, 0.25) is 0 Å². The van der Waals surface area contributed by atoms with E-state index in [4.69, 9.17) is 4.74 Å². The Morgan fingerprint density at radius 2 is 2.00 bits per heavy atom. The van der Waals surface area contributed by atoms with Gasteiger partial charge < -0.3 is 4.74 Å². The van der Waals surface area contributed by atoms with Crippen LogP contribution in [0.15, 0.2) is 0 Å². The van der Waals surface area contributed by atoms with Gasteiger partial charge in [-0.25, -0.2) is 0 Å². The summed E-state index contributed by atoms with van der Waals surface area (Å²) in [5.41, 5.74) is 0. The maximum absolute atomic E-state index is 11.2. The molecule has 1 unspecified atom stereocenters. The standard InChI is InChI=1S/C10H17BrO3/c1-3-4-5-6-9(11)10(13)14-7-8(2)12/h9H,3-7H2,1-2H3. The third-order valence-corrected chi connectivity index (χ3v) is 2.57. The van der Waals surface area contributed by atoms with Crippen molar-refractivity contribution in [2.24, 2.45) is 0 Å². The second-order valence-corrected chi connectivity index (χ2v) is 4.38. The van der Waals surface area contributed by atoms with Crippen molar-refractivity contribution in [1.29, 1.82) is 0 Å². The molecule has 3 nitrogen and oxygen atoms in total. The molecule has 0 aromatic heterocycles. The Labute approximate surface area is 93.3 Å². The van der Waals surface area contributed by atoms with E-state index in [9.17, 15) is 9.59 Å². The number of halogens is 1. The summed E-state index contributed by atoms with van der Waals surface area (Å²) in [4.78, 5) is 21.5. The number of hydrogen-bond donors (Lipinski definition) is 0. The van der Waals surface area contributed by atoms with Gasteiger partial charge in [0, 0.05) is 0 Å². The van der Waals surface area contributed by atoms with E-state index in [2.05, 4.69) is 22.9 Å². The molecule has 0 aromatic carbocycles. The van der Waals surface area contributed by atoms with Crippen molar-refractivity contribution in [2.75, 3.05) is 6.61 Å². The topological polar surface area (TPSA) is 43.4 Å². The van der Waals surface area contributed by atoms with Crippen LogP contribution in [0.4, 0.5) is 0 Å². The highest BCUT2D eigenvalue weighted by molar-refractivity contribution is 9.10. The zero-order chi connectivity index (χ0) is 11.0. The Bertz CT molecular complexity index is 192. The highest BCUT2D eigenvalue weighted by Gasteiger charge is 2.15. The van der Waals surface area contributed by atoms with Crippen molar-refractivity contribution in [3.63, 3.8) is 0 Å². The number of rotatable bonds is 7. The second-order valence-electron chi connectivity index (χ2n) is 3.27. The number of alkyl halides is 1. The summed E-state index contributed by atoms with van der Waals surface area (Å²) in [5.74, 6) is -0.470. The lowest BCUT2D eigenvalue weighted by Gasteiger charge is -2.08. The van der Waals surface area contributed by atoms with Gasteiger partial charge in [0.1, 0.15) is 11.4 Å². The zero-order valence-electron chi connectivity index (χ0n) is 8.72. The van der Waals surface area contributed by atoms with Crippen LogP contribution < -0.4 is 0 Å². The van der Waals surface area contributed by atoms with Gasteiger partial charge in [-0.05, 0) is 13.3 Å². The number of carbonyl (C=O) groups is 2. The van der Waals surface area contributed by atoms with E-state index < -0.39 is 0 Å². The molecule has 0 aliphatic heterocycles. The first-order valence-electron chi connectivity index (χ1n) is 4.88. The summed E-state index contributed by atoms with van der Waals surface area (Å²) in [6.45, 7) is 3.39. The van der Waals surface area contributed by atoms with Crippen molar-refractivity contribution >= 4 is 27.7 Å². The molecule has 0 aliphatic rings. The molecule has 4 heteroatoms. The van der Waals surface area contributed by atoms with Crippen LogP contribution in [-0.2, 0) is 14.3 Å². The van der Waals surface area contributed by atoms with Crippen LogP contribution in [0.25, 0.3) is 0 Å². The normalized spacial score (nSPS) is 12.2.